The van der Waals surface area contributed by atoms with Crippen molar-refractivity contribution in [3.05, 3.63) is 0 Å². The third-order valence-corrected chi connectivity index (χ3v) is 3.50. The molecule has 2 atom stereocenters. The summed E-state index contributed by atoms with van der Waals surface area (Å²) in [5.41, 5.74) is 2.70. The predicted molar refractivity (Wildman–Crippen MR) is 65.4 cm³/mol. The summed E-state index contributed by atoms with van der Waals surface area (Å²) < 4.78 is 0. The molecule has 2 aliphatic rings. The molecule has 1 heterocycles. The van der Waals surface area contributed by atoms with Crippen molar-refractivity contribution < 1.29 is 9.63 Å². The lowest BCUT2D eigenvalue weighted by Crippen LogP contribution is -2.51. The van der Waals surface area contributed by atoms with E-state index in [-0.39, 0.29) is 5.54 Å². The number of hydrogen-bond donors (Lipinski definition) is 3. The zero-order valence-electron chi connectivity index (χ0n) is 10.9. The van der Waals surface area contributed by atoms with E-state index in [1.54, 1.807) is 0 Å². The number of rotatable bonds is 2. The Morgan fingerprint density at radius 1 is 1.24 bits per heavy atom. The standard InChI is InChI=1S/C12H23N3O2/c1-12(2,3)14-11(16)17-15-10-8-4-5-9(10)7-13-6-8/h8-10,13,15H,4-7H2,1-3H3,(H,14,16). The Morgan fingerprint density at radius 3 is 2.35 bits per heavy atom. The molecule has 1 saturated carbocycles. The lowest BCUT2D eigenvalue weighted by atomic mass is 9.95. The molecule has 1 saturated heterocycles. The molecule has 1 aliphatic heterocycles. The van der Waals surface area contributed by atoms with Crippen LogP contribution in [0.3, 0.4) is 0 Å². The van der Waals surface area contributed by atoms with Gasteiger partial charge in [0, 0.05) is 5.54 Å². The van der Waals surface area contributed by atoms with E-state index in [9.17, 15) is 4.79 Å². The van der Waals surface area contributed by atoms with Gasteiger partial charge in [-0.2, -0.15) is 0 Å². The van der Waals surface area contributed by atoms with Crippen LogP contribution in [0.4, 0.5) is 4.79 Å². The van der Waals surface area contributed by atoms with Crippen LogP contribution in [0.1, 0.15) is 33.6 Å². The summed E-state index contributed by atoms with van der Waals surface area (Å²) in [5, 5.41) is 6.18. The van der Waals surface area contributed by atoms with Gasteiger partial charge in [-0.3, -0.25) is 0 Å². The number of hydroxylamine groups is 1. The summed E-state index contributed by atoms with van der Waals surface area (Å²) in [6.07, 6.45) is 2.05. The first-order chi connectivity index (χ1) is 7.96. The summed E-state index contributed by atoms with van der Waals surface area (Å²) in [4.78, 5) is 16.6. The first-order valence-corrected chi connectivity index (χ1v) is 6.41. The van der Waals surface area contributed by atoms with Crippen LogP contribution in [0.25, 0.3) is 0 Å². The molecule has 3 N–H and O–H groups in total. The van der Waals surface area contributed by atoms with Crippen molar-refractivity contribution in [2.24, 2.45) is 11.8 Å². The molecule has 0 aromatic rings. The van der Waals surface area contributed by atoms with Crippen LogP contribution in [0.15, 0.2) is 0 Å². The lowest BCUT2D eigenvalue weighted by Gasteiger charge is -2.31. The van der Waals surface area contributed by atoms with E-state index >= 15 is 0 Å². The van der Waals surface area contributed by atoms with Crippen molar-refractivity contribution in [2.75, 3.05) is 13.1 Å². The van der Waals surface area contributed by atoms with Gasteiger partial charge in [0.25, 0.3) is 0 Å². The molecule has 0 spiro atoms. The highest BCUT2D eigenvalue weighted by molar-refractivity contribution is 5.67. The maximum absolute atomic E-state index is 11.5. The maximum atomic E-state index is 11.5. The molecular formula is C12H23N3O2. The number of fused-ring (bicyclic) bond motifs is 2. The topological polar surface area (TPSA) is 62.4 Å². The van der Waals surface area contributed by atoms with Crippen LogP contribution < -0.4 is 16.1 Å². The Morgan fingerprint density at radius 2 is 1.82 bits per heavy atom. The minimum absolute atomic E-state index is 0.258. The quantitative estimate of drug-likeness (QED) is 0.632. The van der Waals surface area contributed by atoms with Gasteiger partial charge in [-0.25, -0.2) is 4.79 Å². The third-order valence-electron chi connectivity index (χ3n) is 3.50. The zero-order valence-corrected chi connectivity index (χ0v) is 10.9. The Hall–Kier alpha value is -0.810. The summed E-state index contributed by atoms with van der Waals surface area (Å²) >= 11 is 0. The summed E-state index contributed by atoms with van der Waals surface area (Å²) in [7, 11) is 0. The smallest absolute Gasteiger partial charge is 0.354 e. The van der Waals surface area contributed by atoms with Gasteiger partial charge in [-0.15, -0.1) is 5.48 Å². The van der Waals surface area contributed by atoms with Gasteiger partial charge in [0.05, 0.1) is 6.04 Å². The Bertz CT molecular complexity index is 272. The van der Waals surface area contributed by atoms with Crippen LogP contribution in [-0.4, -0.2) is 30.8 Å². The molecule has 1 amide bonds. The number of nitrogens with one attached hydrogen (secondary N) is 3. The number of hydrogen-bond acceptors (Lipinski definition) is 4. The van der Waals surface area contributed by atoms with Crippen LogP contribution in [-0.2, 0) is 4.84 Å². The van der Waals surface area contributed by atoms with E-state index < -0.39 is 6.09 Å². The van der Waals surface area contributed by atoms with E-state index in [0.717, 1.165) is 13.1 Å². The molecule has 5 nitrogen and oxygen atoms in total. The number of carbonyl (C=O) groups excluding carboxylic acids is 1. The van der Waals surface area contributed by atoms with E-state index in [1.165, 1.54) is 12.8 Å². The van der Waals surface area contributed by atoms with E-state index in [1.807, 2.05) is 20.8 Å². The first-order valence-electron chi connectivity index (χ1n) is 6.41. The van der Waals surface area contributed by atoms with Crippen molar-refractivity contribution in [1.82, 2.24) is 16.1 Å². The van der Waals surface area contributed by atoms with Gasteiger partial charge in [-0.1, -0.05) is 0 Å². The molecule has 98 valence electrons. The average molecular weight is 241 g/mol. The fraction of sp³-hybridized carbons (Fsp3) is 0.917. The average Bonchev–Trinajstić information content (AvgIpc) is 2.44. The van der Waals surface area contributed by atoms with E-state index in [2.05, 4.69) is 16.1 Å². The van der Waals surface area contributed by atoms with E-state index in [4.69, 9.17) is 4.84 Å². The summed E-state index contributed by atoms with van der Waals surface area (Å²) in [6.45, 7) is 7.85. The van der Waals surface area contributed by atoms with Crippen LogP contribution in [0.2, 0.25) is 0 Å². The maximum Gasteiger partial charge on any atom is 0.426 e. The van der Waals surface area contributed by atoms with Gasteiger partial charge in [0.2, 0.25) is 0 Å². The molecule has 17 heavy (non-hydrogen) atoms. The molecule has 0 aromatic heterocycles. The molecule has 0 radical (unpaired) electrons. The van der Waals surface area contributed by atoms with Crippen LogP contribution in [0.5, 0.6) is 0 Å². The fourth-order valence-corrected chi connectivity index (χ4v) is 2.73. The van der Waals surface area contributed by atoms with Crippen molar-refractivity contribution in [2.45, 2.75) is 45.2 Å². The fourth-order valence-electron chi connectivity index (χ4n) is 2.73. The molecule has 1 aliphatic carbocycles. The highest BCUT2D eigenvalue weighted by Crippen LogP contribution is 2.33. The second kappa shape index (κ2) is 4.82. The van der Waals surface area contributed by atoms with Gasteiger partial charge in [0.15, 0.2) is 0 Å². The Labute approximate surface area is 103 Å². The summed E-state index contributed by atoms with van der Waals surface area (Å²) in [6, 6.07) is 0.321. The largest absolute Gasteiger partial charge is 0.426 e. The van der Waals surface area contributed by atoms with Crippen molar-refractivity contribution in [1.29, 1.82) is 0 Å². The van der Waals surface area contributed by atoms with E-state index in [0.29, 0.717) is 17.9 Å². The van der Waals surface area contributed by atoms with Gasteiger partial charge >= 0.3 is 6.09 Å². The second-order valence-corrected chi connectivity index (χ2v) is 6.16. The molecule has 2 bridgehead atoms. The first kappa shape index (κ1) is 12.6. The molecule has 2 unspecified atom stereocenters. The minimum Gasteiger partial charge on any atom is -0.354 e. The zero-order chi connectivity index (χ0) is 12.5. The number of carbonyl (C=O) groups is 1. The second-order valence-electron chi connectivity index (χ2n) is 6.16. The highest BCUT2D eigenvalue weighted by Gasteiger charge is 2.39. The lowest BCUT2D eigenvalue weighted by molar-refractivity contribution is 0.0365. The minimum atomic E-state index is -0.393. The van der Waals surface area contributed by atoms with Crippen molar-refractivity contribution in [3.8, 4) is 0 Å². The molecule has 2 fully saturated rings. The Kier molecular flexibility index (Phi) is 3.58. The number of piperidine rings is 1. The molecule has 2 rings (SSSR count). The van der Waals surface area contributed by atoms with Crippen molar-refractivity contribution >= 4 is 6.09 Å². The van der Waals surface area contributed by atoms with Gasteiger partial charge < -0.3 is 15.5 Å². The number of amides is 1. The monoisotopic (exact) mass is 241 g/mol. The highest BCUT2D eigenvalue weighted by atomic mass is 16.7. The van der Waals surface area contributed by atoms with Crippen molar-refractivity contribution in [3.63, 3.8) is 0 Å². The normalized spacial score (nSPS) is 32.3. The van der Waals surface area contributed by atoms with Gasteiger partial charge in [0.1, 0.15) is 0 Å². The summed E-state index contributed by atoms with van der Waals surface area (Å²) in [5.74, 6) is 1.19. The Balaban J connectivity index is 1.77. The third kappa shape index (κ3) is 3.33. The van der Waals surface area contributed by atoms with Crippen LogP contribution >= 0.6 is 0 Å². The predicted octanol–water partition coefficient (Wildman–Crippen LogP) is 1.01. The molecule has 0 aromatic carbocycles. The van der Waals surface area contributed by atoms with Gasteiger partial charge in [-0.05, 0) is 58.5 Å². The SMILES string of the molecule is CC(C)(C)NC(=O)ONC1C2CCC1CNC2. The molecular weight excluding hydrogens is 218 g/mol. The molecule has 5 heteroatoms. The van der Waals surface area contributed by atoms with Crippen LogP contribution in [0, 0.1) is 11.8 Å².